The Labute approximate surface area is 101 Å². The highest BCUT2D eigenvalue weighted by Gasteiger charge is 2.36. The number of aliphatic hydroxyl groups excluding tert-OH is 1. The zero-order chi connectivity index (χ0) is 12.1. The average molecular weight is 232 g/mol. The van der Waals surface area contributed by atoms with Crippen molar-refractivity contribution in [1.82, 2.24) is 5.32 Å². The van der Waals surface area contributed by atoms with Gasteiger partial charge in [-0.05, 0) is 12.0 Å². The van der Waals surface area contributed by atoms with Gasteiger partial charge in [0, 0.05) is 6.04 Å². The summed E-state index contributed by atoms with van der Waals surface area (Å²) in [7, 11) is 0. The largest absolute Gasteiger partial charge is 0.393 e. The molecule has 2 atom stereocenters. The third kappa shape index (κ3) is 2.83. The summed E-state index contributed by atoms with van der Waals surface area (Å²) in [6.45, 7) is 0.582. The van der Waals surface area contributed by atoms with E-state index in [0.29, 0.717) is 6.61 Å². The van der Waals surface area contributed by atoms with E-state index in [9.17, 15) is 5.11 Å². The van der Waals surface area contributed by atoms with Crippen LogP contribution in [0.3, 0.4) is 0 Å². The van der Waals surface area contributed by atoms with Crippen LogP contribution in [0.2, 0.25) is 0 Å². The lowest BCUT2D eigenvalue weighted by atomic mass is 9.97. The third-order valence-corrected chi connectivity index (χ3v) is 2.96. The molecular formula is C13H16N2O2. The Kier molecular flexibility index (Phi) is 3.75. The molecule has 4 nitrogen and oxygen atoms in total. The number of morpholine rings is 1. The predicted octanol–water partition coefficient (Wildman–Crippen LogP) is 0.472. The van der Waals surface area contributed by atoms with Gasteiger partial charge < -0.3 is 9.84 Å². The molecule has 2 N–H and O–H groups in total. The molecule has 1 aliphatic rings. The number of hydrogen-bond acceptors (Lipinski definition) is 4. The van der Waals surface area contributed by atoms with Crippen molar-refractivity contribution in [3.8, 4) is 6.07 Å². The van der Waals surface area contributed by atoms with Gasteiger partial charge in [0.2, 0.25) is 0 Å². The van der Waals surface area contributed by atoms with Gasteiger partial charge >= 0.3 is 0 Å². The van der Waals surface area contributed by atoms with E-state index in [1.165, 1.54) is 5.56 Å². The van der Waals surface area contributed by atoms with Crippen molar-refractivity contribution >= 4 is 0 Å². The fourth-order valence-electron chi connectivity index (χ4n) is 2.05. The molecule has 0 spiro atoms. The predicted molar refractivity (Wildman–Crippen MR) is 63.3 cm³/mol. The van der Waals surface area contributed by atoms with Crippen LogP contribution in [0.15, 0.2) is 30.3 Å². The summed E-state index contributed by atoms with van der Waals surface area (Å²) in [4.78, 5) is 0. The lowest BCUT2D eigenvalue weighted by molar-refractivity contribution is -0.00107. The van der Waals surface area contributed by atoms with E-state index < -0.39 is 5.54 Å². The van der Waals surface area contributed by atoms with Crippen LogP contribution in [0, 0.1) is 11.3 Å². The topological polar surface area (TPSA) is 65.3 Å². The monoisotopic (exact) mass is 232 g/mol. The van der Waals surface area contributed by atoms with Crippen LogP contribution in [0.4, 0.5) is 0 Å². The number of hydrogen-bond donors (Lipinski definition) is 2. The molecule has 0 aromatic heterocycles. The molecule has 0 unspecified atom stereocenters. The minimum Gasteiger partial charge on any atom is -0.393 e. The molecule has 1 saturated heterocycles. The normalized spacial score (nSPS) is 28.6. The molecule has 1 aromatic carbocycles. The first-order valence-electron chi connectivity index (χ1n) is 5.69. The van der Waals surface area contributed by atoms with Crippen LogP contribution >= 0.6 is 0 Å². The Morgan fingerprint density at radius 1 is 1.47 bits per heavy atom. The summed E-state index contributed by atoms with van der Waals surface area (Å²) in [6, 6.07) is 12.2. The molecule has 90 valence electrons. The zero-order valence-electron chi connectivity index (χ0n) is 9.60. The smallest absolute Gasteiger partial charge is 0.153 e. The van der Waals surface area contributed by atoms with Crippen molar-refractivity contribution in [2.75, 3.05) is 19.8 Å². The minimum atomic E-state index is -0.947. The van der Waals surface area contributed by atoms with Crippen molar-refractivity contribution in [1.29, 1.82) is 5.26 Å². The van der Waals surface area contributed by atoms with Crippen LogP contribution in [-0.2, 0) is 11.2 Å². The fourth-order valence-corrected chi connectivity index (χ4v) is 2.05. The Morgan fingerprint density at radius 2 is 2.24 bits per heavy atom. The second kappa shape index (κ2) is 5.28. The van der Waals surface area contributed by atoms with E-state index in [1.807, 2.05) is 30.3 Å². The first-order chi connectivity index (χ1) is 8.28. The van der Waals surface area contributed by atoms with Gasteiger partial charge in [0.15, 0.2) is 5.54 Å². The Bertz CT molecular complexity index is 402. The lowest BCUT2D eigenvalue weighted by Crippen LogP contribution is -2.61. The first kappa shape index (κ1) is 12.1. The van der Waals surface area contributed by atoms with Gasteiger partial charge in [0.05, 0.1) is 25.9 Å². The Morgan fingerprint density at radius 3 is 2.88 bits per heavy atom. The van der Waals surface area contributed by atoms with Gasteiger partial charge in [0.25, 0.3) is 0 Å². The molecule has 0 saturated carbocycles. The molecule has 0 aliphatic carbocycles. The molecule has 0 amide bonds. The highest BCUT2D eigenvalue weighted by Crippen LogP contribution is 2.14. The summed E-state index contributed by atoms with van der Waals surface area (Å²) >= 11 is 0. The van der Waals surface area contributed by atoms with Gasteiger partial charge in [-0.15, -0.1) is 0 Å². The lowest BCUT2D eigenvalue weighted by Gasteiger charge is -2.36. The van der Waals surface area contributed by atoms with Gasteiger partial charge in [0.1, 0.15) is 0 Å². The fraction of sp³-hybridized carbons (Fsp3) is 0.462. The Hall–Kier alpha value is -1.41. The highest BCUT2D eigenvalue weighted by atomic mass is 16.5. The standard InChI is InChI=1S/C13H16N2O2/c14-8-13(9-16)10-17-7-12(15-13)6-11-4-2-1-3-5-11/h1-5,12,15-16H,6-7,9-10H2/t12-,13+/m1/s1. The SMILES string of the molecule is N#C[C@]1(CO)COC[C@@H](Cc2ccccc2)N1. The quantitative estimate of drug-likeness (QED) is 0.795. The second-order valence-corrected chi connectivity index (χ2v) is 4.40. The molecule has 1 fully saturated rings. The van der Waals surface area contributed by atoms with Crippen LogP contribution in [0.5, 0.6) is 0 Å². The molecule has 0 bridgehead atoms. The van der Waals surface area contributed by atoms with E-state index in [-0.39, 0.29) is 19.3 Å². The summed E-state index contributed by atoms with van der Waals surface area (Å²) in [5, 5.41) is 21.5. The van der Waals surface area contributed by atoms with Crippen molar-refractivity contribution < 1.29 is 9.84 Å². The molecule has 1 heterocycles. The molecular weight excluding hydrogens is 216 g/mol. The summed E-state index contributed by atoms with van der Waals surface area (Å²) in [6.07, 6.45) is 0.796. The van der Waals surface area contributed by atoms with Crippen molar-refractivity contribution in [2.45, 2.75) is 18.0 Å². The van der Waals surface area contributed by atoms with Crippen molar-refractivity contribution in [3.05, 3.63) is 35.9 Å². The maximum absolute atomic E-state index is 9.26. The summed E-state index contributed by atoms with van der Waals surface area (Å²) in [5.74, 6) is 0. The second-order valence-electron chi connectivity index (χ2n) is 4.40. The van der Waals surface area contributed by atoms with Crippen molar-refractivity contribution in [3.63, 3.8) is 0 Å². The number of ether oxygens (including phenoxy) is 1. The van der Waals surface area contributed by atoms with Gasteiger partial charge in [-0.25, -0.2) is 0 Å². The number of nitriles is 1. The van der Waals surface area contributed by atoms with Gasteiger partial charge in [-0.3, -0.25) is 5.32 Å². The van der Waals surface area contributed by atoms with Crippen LogP contribution in [-0.4, -0.2) is 36.5 Å². The van der Waals surface area contributed by atoms with Crippen molar-refractivity contribution in [2.24, 2.45) is 0 Å². The summed E-state index contributed by atoms with van der Waals surface area (Å²) in [5.41, 5.74) is 0.248. The van der Waals surface area contributed by atoms with E-state index in [1.54, 1.807) is 0 Å². The van der Waals surface area contributed by atoms with E-state index in [4.69, 9.17) is 10.00 Å². The van der Waals surface area contributed by atoms with Crippen LogP contribution < -0.4 is 5.32 Å². The molecule has 2 rings (SSSR count). The zero-order valence-corrected chi connectivity index (χ0v) is 9.60. The maximum Gasteiger partial charge on any atom is 0.153 e. The molecule has 17 heavy (non-hydrogen) atoms. The van der Waals surface area contributed by atoms with Crippen LogP contribution in [0.25, 0.3) is 0 Å². The highest BCUT2D eigenvalue weighted by molar-refractivity contribution is 5.18. The van der Waals surface area contributed by atoms with E-state index >= 15 is 0 Å². The first-order valence-corrected chi connectivity index (χ1v) is 5.69. The number of benzene rings is 1. The third-order valence-electron chi connectivity index (χ3n) is 2.96. The van der Waals surface area contributed by atoms with Gasteiger partial charge in [-0.1, -0.05) is 30.3 Å². The average Bonchev–Trinajstić information content (AvgIpc) is 2.40. The van der Waals surface area contributed by atoms with E-state index in [0.717, 1.165) is 6.42 Å². The van der Waals surface area contributed by atoms with E-state index in [2.05, 4.69) is 11.4 Å². The number of nitrogens with one attached hydrogen (secondary N) is 1. The summed E-state index contributed by atoms with van der Waals surface area (Å²) < 4.78 is 5.41. The Balaban J connectivity index is 2.01. The maximum atomic E-state index is 9.26. The molecule has 4 heteroatoms. The van der Waals surface area contributed by atoms with Crippen LogP contribution in [0.1, 0.15) is 5.56 Å². The van der Waals surface area contributed by atoms with Gasteiger partial charge in [-0.2, -0.15) is 5.26 Å². The number of nitrogens with zero attached hydrogens (tertiary/aromatic N) is 1. The molecule has 1 aromatic rings. The number of rotatable bonds is 3. The molecule has 1 aliphatic heterocycles. The minimum absolute atomic E-state index is 0.0675. The molecule has 0 radical (unpaired) electrons. The number of aliphatic hydroxyl groups is 1.